The zero-order chi connectivity index (χ0) is 14.9. The van der Waals surface area contributed by atoms with E-state index in [0.29, 0.717) is 6.04 Å². The van der Waals surface area contributed by atoms with Crippen LogP contribution in [-0.2, 0) is 0 Å². The topological polar surface area (TPSA) is 25.2 Å². The average molecular weight is 280 g/mol. The summed E-state index contributed by atoms with van der Waals surface area (Å²) >= 11 is 0. The molecule has 0 spiro atoms. The fourth-order valence-corrected chi connectivity index (χ4v) is 2.26. The van der Waals surface area contributed by atoms with Crippen molar-refractivity contribution in [3.8, 4) is 11.3 Å². The first-order valence-corrected chi connectivity index (χ1v) is 7.85. The highest BCUT2D eigenvalue weighted by atomic mass is 14.8. The molecule has 1 aromatic heterocycles. The standard InChI is InChI=1S/C19H24N2/c1-3-4-6-10-16(2)20-15-18-13-9-14-19(21-18)17-11-7-5-8-12-17/h5,7-9,11-16H,3-4,6,10H2,1-2H3/b20-15+. The Hall–Kier alpha value is -1.96. The Labute approximate surface area is 128 Å². The number of benzene rings is 1. The van der Waals surface area contributed by atoms with Crippen molar-refractivity contribution in [1.29, 1.82) is 0 Å². The summed E-state index contributed by atoms with van der Waals surface area (Å²) in [6.07, 6.45) is 6.87. The largest absolute Gasteiger partial charge is 0.288 e. The number of rotatable bonds is 7. The first kappa shape index (κ1) is 15.4. The highest BCUT2D eigenvalue weighted by molar-refractivity contribution is 5.78. The second-order valence-corrected chi connectivity index (χ2v) is 5.44. The smallest absolute Gasteiger partial charge is 0.0815 e. The van der Waals surface area contributed by atoms with E-state index < -0.39 is 0 Å². The summed E-state index contributed by atoms with van der Waals surface area (Å²) in [5.41, 5.74) is 3.07. The summed E-state index contributed by atoms with van der Waals surface area (Å²) in [5.74, 6) is 0. The lowest BCUT2D eigenvalue weighted by atomic mass is 10.1. The van der Waals surface area contributed by atoms with E-state index in [1.807, 2.05) is 42.6 Å². The van der Waals surface area contributed by atoms with Crippen molar-refractivity contribution < 1.29 is 0 Å². The van der Waals surface area contributed by atoms with Crippen LogP contribution in [0.25, 0.3) is 11.3 Å². The van der Waals surface area contributed by atoms with Crippen molar-refractivity contribution in [3.63, 3.8) is 0 Å². The number of nitrogens with zero attached hydrogens (tertiary/aromatic N) is 2. The molecule has 1 atom stereocenters. The van der Waals surface area contributed by atoms with Crippen LogP contribution >= 0.6 is 0 Å². The third-order valence-corrected chi connectivity index (χ3v) is 3.53. The molecular formula is C19H24N2. The minimum absolute atomic E-state index is 0.374. The number of pyridine rings is 1. The van der Waals surface area contributed by atoms with Gasteiger partial charge in [-0.3, -0.25) is 4.99 Å². The molecule has 110 valence electrons. The van der Waals surface area contributed by atoms with Crippen LogP contribution < -0.4 is 0 Å². The number of aliphatic imine (C=N–C) groups is 1. The molecule has 0 aliphatic rings. The molecule has 0 amide bonds. The van der Waals surface area contributed by atoms with Crippen LogP contribution in [0, 0.1) is 0 Å². The summed E-state index contributed by atoms with van der Waals surface area (Å²) < 4.78 is 0. The molecule has 0 N–H and O–H groups in total. The van der Waals surface area contributed by atoms with Crippen LogP contribution in [0.3, 0.4) is 0 Å². The SMILES string of the molecule is CCCCCC(C)/N=C/c1cccc(-c2ccccc2)n1. The number of unbranched alkanes of at least 4 members (excludes halogenated alkanes) is 2. The Morgan fingerprint density at radius 1 is 1.05 bits per heavy atom. The Morgan fingerprint density at radius 2 is 1.86 bits per heavy atom. The summed E-state index contributed by atoms with van der Waals surface area (Å²) in [6.45, 7) is 4.40. The van der Waals surface area contributed by atoms with Crippen molar-refractivity contribution in [2.75, 3.05) is 0 Å². The van der Waals surface area contributed by atoms with Gasteiger partial charge in [0.15, 0.2) is 0 Å². The van der Waals surface area contributed by atoms with E-state index in [9.17, 15) is 0 Å². The minimum atomic E-state index is 0.374. The third-order valence-electron chi connectivity index (χ3n) is 3.53. The van der Waals surface area contributed by atoms with Crippen molar-refractivity contribution in [2.24, 2.45) is 4.99 Å². The molecule has 0 saturated heterocycles. The fraction of sp³-hybridized carbons (Fsp3) is 0.368. The molecule has 1 heterocycles. The molecule has 0 bridgehead atoms. The second-order valence-electron chi connectivity index (χ2n) is 5.44. The molecule has 21 heavy (non-hydrogen) atoms. The zero-order valence-corrected chi connectivity index (χ0v) is 13.0. The van der Waals surface area contributed by atoms with Crippen LogP contribution in [0.15, 0.2) is 53.5 Å². The van der Waals surface area contributed by atoms with Crippen molar-refractivity contribution in [3.05, 3.63) is 54.2 Å². The Morgan fingerprint density at radius 3 is 2.62 bits per heavy atom. The molecule has 0 saturated carbocycles. The monoisotopic (exact) mass is 280 g/mol. The van der Waals surface area contributed by atoms with Gasteiger partial charge in [-0.1, -0.05) is 62.6 Å². The first-order valence-electron chi connectivity index (χ1n) is 7.85. The Bertz CT molecular complexity index is 561. The van der Waals surface area contributed by atoms with Gasteiger partial charge >= 0.3 is 0 Å². The van der Waals surface area contributed by atoms with E-state index in [2.05, 4.69) is 36.0 Å². The molecule has 2 heteroatoms. The fourth-order valence-electron chi connectivity index (χ4n) is 2.26. The summed E-state index contributed by atoms with van der Waals surface area (Å²) in [6, 6.07) is 16.7. The van der Waals surface area contributed by atoms with Gasteiger partial charge < -0.3 is 0 Å². The highest BCUT2D eigenvalue weighted by Crippen LogP contribution is 2.16. The molecule has 0 radical (unpaired) electrons. The van der Waals surface area contributed by atoms with E-state index in [0.717, 1.165) is 23.4 Å². The average Bonchev–Trinajstić information content (AvgIpc) is 2.54. The zero-order valence-electron chi connectivity index (χ0n) is 13.0. The lowest BCUT2D eigenvalue weighted by Gasteiger charge is -2.05. The number of aromatic nitrogens is 1. The molecule has 2 nitrogen and oxygen atoms in total. The maximum Gasteiger partial charge on any atom is 0.0815 e. The minimum Gasteiger partial charge on any atom is -0.288 e. The summed E-state index contributed by atoms with van der Waals surface area (Å²) in [5, 5.41) is 0. The molecule has 0 aliphatic carbocycles. The van der Waals surface area contributed by atoms with Crippen molar-refractivity contribution in [2.45, 2.75) is 45.6 Å². The molecular weight excluding hydrogens is 256 g/mol. The summed E-state index contributed by atoms with van der Waals surface area (Å²) in [4.78, 5) is 9.28. The lowest BCUT2D eigenvalue weighted by molar-refractivity contribution is 0.595. The van der Waals surface area contributed by atoms with Gasteiger partial charge in [0.05, 0.1) is 11.4 Å². The van der Waals surface area contributed by atoms with Crippen LogP contribution in [0.4, 0.5) is 0 Å². The van der Waals surface area contributed by atoms with E-state index in [-0.39, 0.29) is 0 Å². The lowest BCUT2D eigenvalue weighted by Crippen LogP contribution is -1.99. The molecule has 0 aliphatic heterocycles. The van der Waals surface area contributed by atoms with Gasteiger partial charge in [-0.2, -0.15) is 0 Å². The maximum absolute atomic E-state index is 4.66. The Balaban J connectivity index is 2.01. The van der Waals surface area contributed by atoms with Gasteiger partial charge in [-0.25, -0.2) is 4.98 Å². The molecule has 0 fully saturated rings. The van der Waals surface area contributed by atoms with E-state index in [1.165, 1.54) is 19.3 Å². The normalized spacial score (nSPS) is 12.7. The molecule has 2 aromatic rings. The third kappa shape index (κ3) is 5.14. The van der Waals surface area contributed by atoms with Crippen LogP contribution in [-0.4, -0.2) is 17.2 Å². The van der Waals surface area contributed by atoms with E-state index >= 15 is 0 Å². The molecule has 1 unspecified atom stereocenters. The van der Waals surface area contributed by atoms with Gasteiger partial charge in [0.1, 0.15) is 0 Å². The van der Waals surface area contributed by atoms with E-state index in [4.69, 9.17) is 0 Å². The van der Waals surface area contributed by atoms with Crippen LogP contribution in [0.1, 0.15) is 45.2 Å². The van der Waals surface area contributed by atoms with Gasteiger partial charge in [0.2, 0.25) is 0 Å². The van der Waals surface area contributed by atoms with Gasteiger partial charge in [0, 0.05) is 17.8 Å². The quantitative estimate of drug-likeness (QED) is 0.509. The predicted molar refractivity (Wildman–Crippen MR) is 90.9 cm³/mol. The van der Waals surface area contributed by atoms with Crippen LogP contribution in [0.5, 0.6) is 0 Å². The molecule has 1 aromatic carbocycles. The highest BCUT2D eigenvalue weighted by Gasteiger charge is 2.00. The second kappa shape index (κ2) is 8.35. The maximum atomic E-state index is 4.66. The first-order chi connectivity index (χ1) is 10.3. The molecule has 2 rings (SSSR count). The van der Waals surface area contributed by atoms with Crippen LogP contribution in [0.2, 0.25) is 0 Å². The number of hydrogen-bond donors (Lipinski definition) is 0. The van der Waals surface area contributed by atoms with Crippen molar-refractivity contribution >= 4 is 6.21 Å². The van der Waals surface area contributed by atoms with E-state index in [1.54, 1.807) is 0 Å². The van der Waals surface area contributed by atoms with Gasteiger partial charge in [0.25, 0.3) is 0 Å². The Kier molecular flexibility index (Phi) is 6.14. The van der Waals surface area contributed by atoms with Gasteiger partial charge in [-0.15, -0.1) is 0 Å². The predicted octanol–water partition coefficient (Wildman–Crippen LogP) is 5.14. The summed E-state index contributed by atoms with van der Waals surface area (Å²) in [7, 11) is 0. The van der Waals surface area contributed by atoms with Crippen molar-refractivity contribution in [1.82, 2.24) is 4.98 Å². The van der Waals surface area contributed by atoms with Gasteiger partial charge in [-0.05, 0) is 25.5 Å². The number of hydrogen-bond acceptors (Lipinski definition) is 2.